The molecule has 1 aromatic carbocycles. The van der Waals surface area contributed by atoms with Gasteiger partial charge in [0.05, 0.1) is 5.92 Å². The molecule has 4 heteroatoms. The highest BCUT2D eigenvalue weighted by Crippen LogP contribution is 2.40. The molecule has 0 saturated heterocycles. The Kier molecular flexibility index (Phi) is 5.08. The average Bonchev–Trinajstić information content (AvgIpc) is 2.43. The van der Waals surface area contributed by atoms with Crippen molar-refractivity contribution in [3.05, 3.63) is 28.2 Å². The summed E-state index contributed by atoms with van der Waals surface area (Å²) in [5, 5.41) is 9.67. The fraction of sp³-hybridized carbons (Fsp3) is 0.562. The van der Waals surface area contributed by atoms with Crippen molar-refractivity contribution in [2.45, 2.75) is 44.9 Å². The van der Waals surface area contributed by atoms with E-state index in [0.717, 1.165) is 22.9 Å². The number of carboxylic acid groups (broad SMARTS) is 1. The molecule has 0 spiro atoms. The molecule has 0 radical (unpaired) electrons. The van der Waals surface area contributed by atoms with Gasteiger partial charge in [-0.2, -0.15) is 0 Å². The normalized spacial score (nSPS) is 19.5. The number of nitrogen functional groups attached to an aromatic ring is 1. The number of aliphatic carboxylic acids is 1. The molecule has 3 nitrogen and oxygen atoms in total. The summed E-state index contributed by atoms with van der Waals surface area (Å²) >= 11 is 3.41. The Balaban J connectivity index is 2.30. The van der Waals surface area contributed by atoms with Crippen molar-refractivity contribution in [2.24, 2.45) is 11.8 Å². The summed E-state index contributed by atoms with van der Waals surface area (Å²) in [6.45, 7) is 2.06. The summed E-state index contributed by atoms with van der Waals surface area (Å²) in [4.78, 5) is 11.8. The van der Waals surface area contributed by atoms with Gasteiger partial charge in [0.1, 0.15) is 0 Å². The number of carboxylic acids is 1. The van der Waals surface area contributed by atoms with Crippen LogP contribution in [0.15, 0.2) is 22.7 Å². The van der Waals surface area contributed by atoms with Gasteiger partial charge < -0.3 is 10.8 Å². The zero-order valence-corrected chi connectivity index (χ0v) is 13.4. The monoisotopic (exact) mass is 339 g/mol. The Morgan fingerprint density at radius 2 is 2.00 bits per heavy atom. The largest absolute Gasteiger partial charge is 0.481 e. The van der Waals surface area contributed by atoms with Gasteiger partial charge in [-0.1, -0.05) is 55.0 Å². The third-order valence-electron chi connectivity index (χ3n) is 4.57. The van der Waals surface area contributed by atoms with Crippen LogP contribution in [0.25, 0.3) is 0 Å². The van der Waals surface area contributed by atoms with Gasteiger partial charge >= 0.3 is 5.97 Å². The van der Waals surface area contributed by atoms with Crippen molar-refractivity contribution in [1.82, 2.24) is 0 Å². The van der Waals surface area contributed by atoms with Gasteiger partial charge in [-0.3, -0.25) is 4.79 Å². The van der Waals surface area contributed by atoms with Crippen molar-refractivity contribution in [3.8, 4) is 0 Å². The fourth-order valence-corrected chi connectivity index (χ4v) is 3.77. The van der Waals surface area contributed by atoms with Gasteiger partial charge in [-0.05, 0) is 35.6 Å². The van der Waals surface area contributed by atoms with E-state index in [1.807, 2.05) is 12.1 Å². The standard InChI is InChI=1S/C16H22BrNO2/c1-10(11-5-3-2-4-6-11)15(16(19)20)13-9-12(17)7-8-14(13)18/h7-11,15H,2-6,18H2,1H3,(H,19,20). The lowest BCUT2D eigenvalue weighted by atomic mass is 9.72. The number of anilines is 1. The summed E-state index contributed by atoms with van der Waals surface area (Å²) in [6, 6.07) is 5.49. The van der Waals surface area contributed by atoms with Gasteiger partial charge in [-0.15, -0.1) is 0 Å². The molecule has 1 aliphatic rings. The van der Waals surface area contributed by atoms with Crippen LogP contribution < -0.4 is 5.73 Å². The predicted octanol–water partition coefficient (Wildman–Crippen LogP) is 4.42. The van der Waals surface area contributed by atoms with Gasteiger partial charge in [0.15, 0.2) is 0 Å². The molecule has 0 bridgehead atoms. The second-order valence-corrected chi connectivity index (χ2v) is 6.76. The topological polar surface area (TPSA) is 63.3 Å². The molecular formula is C16H22BrNO2. The molecule has 2 atom stereocenters. The number of hydrogen-bond acceptors (Lipinski definition) is 2. The first-order chi connectivity index (χ1) is 9.50. The zero-order valence-electron chi connectivity index (χ0n) is 11.8. The molecule has 0 heterocycles. The minimum atomic E-state index is -0.770. The Morgan fingerprint density at radius 1 is 1.35 bits per heavy atom. The van der Waals surface area contributed by atoms with Gasteiger partial charge in [0.2, 0.25) is 0 Å². The number of carbonyl (C=O) groups is 1. The first-order valence-corrected chi connectivity index (χ1v) is 8.07. The Morgan fingerprint density at radius 3 is 2.60 bits per heavy atom. The van der Waals surface area contributed by atoms with E-state index in [1.54, 1.807) is 6.07 Å². The van der Waals surface area contributed by atoms with Crippen molar-refractivity contribution in [1.29, 1.82) is 0 Å². The second kappa shape index (κ2) is 6.61. The molecular weight excluding hydrogens is 318 g/mol. The summed E-state index contributed by atoms with van der Waals surface area (Å²) in [6.07, 6.45) is 5.99. The molecule has 2 unspecified atom stereocenters. The zero-order chi connectivity index (χ0) is 14.7. The maximum absolute atomic E-state index is 11.8. The van der Waals surface area contributed by atoms with E-state index >= 15 is 0 Å². The summed E-state index contributed by atoms with van der Waals surface area (Å²) < 4.78 is 0.879. The molecule has 0 aliphatic heterocycles. The SMILES string of the molecule is CC(C1CCCCC1)C(C(=O)O)c1cc(Br)ccc1N. The van der Waals surface area contributed by atoms with E-state index in [4.69, 9.17) is 5.73 Å². The van der Waals surface area contributed by atoms with Crippen LogP contribution >= 0.6 is 15.9 Å². The van der Waals surface area contributed by atoms with Crippen molar-refractivity contribution < 1.29 is 9.90 Å². The van der Waals surface area contributed by atoms with Crippen molar-refractivity contribution in [3.63, 3.8) is 0 Å². The maximum Gasteiger partial charge on any atom is 0.311 e. The number of benzene rings is 1. The molecule has 1 fully saturated rings. The van der Waals surface area contributed by atoms with Crippen LogP contribution in [0.3, 0.4) is 0 Å². The molecule has 1 aromatic rings. The Labute approximate surface area is 128 Å². The quantitative estimate of drug-likeness (QED) is 0.798. The highest BCUT2D eigenvalue weighted by molar-refractivity contribution is 9.10. The predicted molar refractivity (Wildman–Crippen MR) is 84.7 cm³/mol. The maximum atomic E-state index is 11.8. The third kappa shape index (κ3) is 3.35. The Bertz CT molecular complexity index is 483. The summed E-state index contributed by atoms with van der Waals surface area (Å²) in [7, 11) is 0. The number of nitrogens with two attached hydrogens (primary N) is 1. The van der Waals surface area contributed by atoms with E-state index in [9.17, 15) is 9.90 Å². The molecule has 1 aliphatic carbocycles. The average molecular weight is 340 g/mol. The van der Waals surface area contributed by atoms with Gasteiger partial charge in [0, 0.05) is 10.2 Å². The lowest BCUT2D eigenvalue weighted by Crippen LogP contribution is -2.27. The van der Waals surface area contributed by atoms with Gasteiger partial charge in [-0.25, -0.2) is 0 Å². The van der Waals surface area contributed by atoms with E-state index in [0.29, 0.717) is 11.6 Å². The van der Waals surface area contributed by atoms with E-state index in [1.165, 1.54) is 19.3 Å². The van der Waals surface area contributed by atoms with E-state index in [2.05, 4.69) is 22.9 Å². The Hall–Kier alpha value is -1.03. The number of hydrogen-bond donors (Lipinski definition) is 2. The van der Waals surface area contributed by atoms with Crippen LogP contribution in [0, 0.1) is 11.8 Å². The molecule has 3 N–H and O–H groups in total. The molecule has 2 rings (SSSR count). The molecule has 1 saturated carbocycles. The summed E-state index contributed by atoms with van der Waals surface area (Å²) in [5.41, 5.74) is 7.32. The van der Waals surface area contributed by atoms with Crippen LogP contribution in [-0.4, -0.2) is 11.1 Å². The first-order valence-electron chi connectivity index (χ1n) is 7.28. The van der Waals surface area contributed by atoms with Crippen LogP contribution in [0.5, 0.6) is 0 Å². The number of halogens is 1. The third-order valence-corrected chi connectivity index (χ3v) is 5.06. The lowest BCUT2D eigenvalue weighted by molar-refractivity contribution is -0.140. The fourth-order valence-electron chi connectivity index (χ4n) is 3.39. The number of rotatable bonds is 4. The van der Waals surface area contributed by atoms with Crippen LogP contribution in [0.1, 0.15) is 50.5 Å². The summed E-state index contributed by atoms with van der Waals surface area (Å²) in [5.74, 6) is -0.684. The second-order valence-electron chi connectivity index (χ2n) is 5.85. The van der Waals surface area contributed by atoms with Gasteiger partial charge in [0.25, 0.3) is 0 Å². The minimum Gasteiger partial charge on any atom is -0.481 e. The molecule has 20 heavy (non-hydrogen) atoms. The molecule has 0 amide bonds. The highest BCUT2D eigenvalue weighted by Gasteiger charge is 2.34. The van der Waals surface area contributed by atoms with Crippen LogP contribution in [-0.2, 0) is 4.79 Å². The molecule has 0 aromatic heterocycles. The first kappa shape index (κ1) is 15.4. The minimum absolute atomic E-state index is 0.115. The van der Waals surface area contributed by atoms with Crippen molar-refractivity contribution >= 4 is 27.6 Å². The van der Waals surface area contributed by atoms with Crippen LogP contribution in [0.2, 0.25) is 0 Å². The van der Waals surface area contributed by atoms with E-state index in [-0.39, 0.29) is 5.92 Å². The lowest BCUT2D eigenvalue weighted by Gasteiger charge is -2.32. The van der Waals surface area contributed by atoms with E-state index < -0.39 is 11.9 Å². The smallest absolute Gasteiger partial charge is 0.311 e. The van der Waals surface area contributed by atoms with Crippen LogP contribution in [0.4, 0.5) is 5.69 Å². The molecule has 110 valence electrons. The highest BCUT2D eigenvalue weighted by atomic mass is 79.9. The van der Waals surface area contributed by atoms with Crippen molar-refractivity contribution in [2.75, 3.05) is 5.73 Å².